The molecule has 0 unspecified atom stereocenters. The largest absolute Gasteiger partial charge is 0.398 e. The number of hydrogen-bond donors (Lipinski definition) is 2. The lowest BCUT2D eigenvalue weighted by molar-refractivity contribution is -0.119. The van der Waals surface area contributed by atoms with Gasteiger partial charge in [0, 0.05) is 24.3 Å². The van der Waals surface area contributed by atoms with Crippen LogP contribution in [0.25, 0.3) is 5.57 Å². The molecule has 0 saturated carbocycles. The fraction of sp³-hybridized carbons (Fsp3) is 0.308. The van der Waals surface area contributed by atoms with E-state index in [2.05, 4.69) is 0 Å². The number of halogens is 1. The lowest BCUT2D eigenvalue weighted by atomic mass is 9.98. The van der Waals surface area contributed by atoms with Gasteiger partial charge >= 0.3 is 0 Å². The van der Waals surface area contributed by atoms with Crippen molar-refractivity contribution in [1.82, 2.24) is 4.90 Å². The molecule has 1 aliphatic heterocycles. The number of nitrogens with zero attached hydrogens (tertiary/aromatic N) is 1. The van der Waals surface area contributed by atoms with Gasteiger partial charge in [-0.2, -0.15) is 0 Å². The number of nitrogens with two attached hydrogens (primary N) is 2. The second-order valence-electron chi connectivity index (χ2n) is 4.41. The third-order valence-corrected chi connectivity index (χ3v) is 3.03. The molecule has 96 valence electrons. The smallest absolute Gasteiger partial charge is 0.231 e. The summed E-state index contributed by atoms with van der Waals surface area (Å²) in [5, 5.41) is 0. The lowest BCUT2D eigenvalue weighted by Gasteiger charge is -2.25. The highest BCUT2D eigenvalue weighted by Crippen LogP contribution is 2.27. The molecule has 0 atom stereocenters. The number of amides is 1. The van der Waals surface area contributed by atoms with Crippen molar-refractivity contribution in [2.75, 3.05) is 25.4 Å². The third-order valence-electron chi connectivity index (χ3n) is 3.03. The number of carbonyl (C=O) groups excluding carboxylic acids is 1. The number of carbonyl (C=O) groups is 1. The van der Waals surface area contributed by atoms with Gasteiger partial charge in [0.25, 0.3) is 0 Å². The van der Waals surface area contributed by atoms with Crippen molar-refractivity contribution >= 4 is 17.2 Å². The Kier molecular flexibility index (Phi) is 3.62. The van der Waals surface area contributed by atoms with Gasteiger partial charge in [0.1, 0.15) is 5.82 Å². The van der Waals surface area contributed by atoms with Crippen LogP contribution >= 0.6 is 0 Å². The first-order chi connectivity index (χ1) is 8.56. The minimum absolute atomic E-state index is 0.267. The Balaban J connectivity index is 2.11. The first-order valence-electron chi connectivity index (χ1n) is 5.81. The molecule has 5 heteroatoms. The maximum atomic E-state index is 13.0. The number of hydrogen-bond acceptors (Lipinski definition) is 3. The van der Waals surface area contributed by atoms with Crippen LogP contribution in [0.5, 0.6) is 0 Å². The third kappa shape index (κ3) is 2.87. The Morgan fingerprint density at radius 3 is 2.78 bits per heavy atom. The van der Waals surface area contributed by atoms with Crippen molar-refractivity contribution in [3.63, 3.8) is 0 Å². The molecular weight excluding hydrogens is 233 g/mol. The molecule has 18 heavy (non-hydrogen) atoms. The molecule has 4 N–H and O–H groups in total. The van der Waals surface area contributed by atoms with Gasteiger partial charge in [-0.15, -0.1) is 0 Å². The SMILES string of the molecule is NC(=O)CN1CC=C(c2ccc(F)cc2N)CC1. The van der Waals surface area contributed by atoms with Crippen LogP contribution in [-0.4, -0.2) is 30.4 Å². The molecule has 0 spiro atoms. The molecule has 1 amide bonds. The van der Waals surface area contributed by atoms with Crippen LogP contribution in [0.15, 0.2) is 24.3 Å². The highest BCUT2D eigenvalue weighted by Gasteiger charge is 2.15. The van der Waals surface area contributed by atoms with E-state index in [-0.39, 0.29) is 18.3 Å². The fourth-order valence-corrected chi connectivity index (χ4v) is 2.15. The molecule has 1 aromatic rings. The lowest BCUT2D eigenvalue weighted by Crippen LogP contribution is -2.36. The van der Waals surface area contributed by atoms with E-state index < -0.39 is 0 Å². The van der Waals surface area contributed by atoms with Crippen LogP contribution in [0, 0.1) is 5.82 Å². The molecular formula is C13H16FN3O. The topological polar surface area (TPSA) is 72.4 Å². The van der Waals surface area contributed by atoms with Gasteiger partial charge in [0.05, 0.1) is 6.54 Å². The summed E-state index contributed by atoms with van der Waals surface area (Å²) in [7, 11) is 0. The predicted octanol–water partition coefficient (Wildman–Crippen LogP) is 0.982. The number of benzene rings is 1. The van der Waals surface area contributed by atoms with Crippen molar-refractivity contribution in [2.45, 2.75) is 6.42 Å². The molecule has 0 aliphatic carbocycles. The second kappa shape index (κ2) is 5.18. The summed E-state index contributed by atoms with van der Waals surface area (Å²) in [6.45, 7) is 1.68. The average Bonchev–Trinajstić information content (AvgIpc) is 2.30. The minimum Gasteiger partial charge on any atom is -0.398 e. The summed E-state index contributed by atoms with van der Waals surface area (Å²) >= 11 is 0. The van der Waals surface area contributed by atoms with E-state index in [0.29, 0.717) is 12.2 Å². The Hall–Kier alpha value is -1.88. The normalized spacial score (nSPS) is 16.4. The van der Waals surface area contributed by atoms with Crippen molar-refractivity contribution < 1.29 is 9.18 Å². The summed E-state index contributed by atoms with van der Waals surface area (Å²) in [4.78, 5) is 12.8. The van der Waals surface area contributed by atoms with Gasteiger partial charge in [-0.3, -0.25) is 9.69 Å². The molecule has 0 fully saturated rings. The highest BCUT2D eigenvalue weighted by atomic mass is 19.1. The van der Waals surface area contributed by atoms with Gasteiger partial charge in [-0.1, -0.05) is 6.08 Å². The molecule has 2 rings (SSSR count). The van der Waals surface area contributed by atoms with E-state index in [4.69, 9.17) is 11.5 Å². The molecule has 1 heterocycles. The van der Waals surface area contributed by atoms with Crippen LogP contribution in [0.1, 0.15) is 12.0 Å². The fourth-order valence-electron chi connectivity index (χ4n) is 2.15. The first kappa shape index (κ1) is 12.6. The van der Waals surface area contributed by atoms with Gasteiger partial charge in [-0.25, -0.2) is 4.39 Å². The van der Waals surface area contributed by atoms with E-state index in [1.54, 1.807) is 6.07 Å². The maximum Gasteiger partial charge on any atom is 0.231 e. The Morgan fingerprint density at radius 1 is 1.44 bits per heavy atom. The summed E-state index contributed by atoms with van der Waals surface area (Å²) < 4.78 is 13.0. The van der Waals surface area contributed by atoms with Crippen molar-refractivity contribution in [1.29, 1.82) is 0 Å². The first-order valence-corrected chi connectivity index (χ1v) is 5.81. The van der Waals surface area contributed by atoms with Crippen LogP contribution in [0.4, 0.5) is 10.1 Å². The van der Waals surface area contributed by atoms with Crippen molar-refractivity contribution in [2.24, 2.45) is 5.73 Å². The van der Waals surface area contributed by atoms with Crippen LogP contribution < -0.4 is 11.5 Å². The van der Waals surface area contributed by atoms with E-state index in [1.807, 2.05) is 11.0 Å². The second-order valence-corrected chi connectivity index (χ2v) is 4.41. The van der Waals surface area contributed by atoms with Crippen LogP contribution in [0.2, 0.25) is 0 Å². The zero-order valence-corrected chi connectivity index (χ0v) is 10.0. The molecule has 0 saturated heterocycles. The van der Waals surface area contributed by atoms with E-state index in [0.717, 1.165) is 24.1 Å². The number of nitrogen functional groups attached to an aromatic ring is 1. The van der Waals surface area contributed by atoms with E-state index >= 15 is 0 Å². The number of anilines is 1. The van der Waals surface area contributed by atoms with Gasteiger partial charge in [0.2, 0.25) is 5.91 Å². The Morgan fingerprint density at radius 2 is 2.22 bits per heavy atom. The zero-order chi connectivity index (χ0) is 13.1. The monoisotopic (exact) mass is 249 g/mol. The number of primary amides is 1. The van der Waals surface area contributed by atoms with Crippen LogP contribution in [-0.2, 0) is 4.79 Å². The quantitative estimate of drug-likeness (QED) is 0.784. The summed E-state index contributed by atoms with van der Waals surface area (Å²) in [5.74, 6) is -0.656. The summed E-state index contributed by atoms with van der Waals surface area (Å²) in [6, 6.07) is 4.43. The Labute approximate surface area is 105 Å². The predicted molar refractivity (Wildman–Crippen MR) is 69.0 cm³/mol. The van der Waals surface area contributed by atoms with Gasteiger partial charge < -0.3 is 11.5 Å². The summed E-state index contributed by atoms with van der Waals surface area (Å²) in [5.41, 5.74) is 13.4. The van der Waals surface area contributed by atoms with Crippen molar-refractivity contribution in [3.05, 3.63) is 35.7 Å². The Bertz CT molecular complexity index is 499. The zero-order valence-electron chi connectivity index (χ0n) is 10.0. The number of rotatable bonds is 3. The molecule has 0 radical (unpaired) electrons. The minimum atomic E-state index is -0.331. The molecule has 0 aromatic heterocycles. The van der Waals surface area contributed by atoms with Crippen molar-refractivity contribution in [3.8, 4) is 0 Å². The molecule has 0 bridgehead atoms. The van der Waals surface area contributed by atoms with E-state index in [1.165, 1.54) is 12.1 Å². The van der Waals surface area contributed by atoms with E-state index in [9.17, 15) is 9.18 Å². The molecule has 1 aliphatic rings. The average molecular weight is 249 g/mol. The molecule has 4 nitrogen and oxygen atoms in total. The standard InChI is InChI=1S/C13H16FN3O/c14-10-1-2-11(12(15)7-10)9-3-5-17(6-4-9)8-13(16)18/h1-3,7H,4-6,8,15H2,(H2,16,18). The van der Waals surface area contributed by atoms with Gasteiger partial charge in [0.15, 0.2) is 0 Å². The highest BCUT2D eigenvalue weighted by molar-refractivity contribution is 5.77. The molecule has 1 aromatic carbocycles. The van der Waals surface area contributed by atoms with Gasteiger partial charge in [-0.05, 0) is 30.2 Å². The van der Waals surface area contributed by atoms with Crippen LogP contribution in [0.3, 0.4) is 0 Å². The summed E-state index contributed by atoms with van der Waals surface area (Å²) in [6.07, 6.45) is 2.79. The maximum absolute atomic E-state index is 13.0.